The second kappa shape index (κ2) is 10.5. The van der Waals surface area contributed by atoms with Gasteiger partial charge in [0.05, 0.1) is 30.5 Å². The molecule has 0 saturated carbocycles. The van der Waals surface area contributed by atoms with Crippen molar-refractivity contribution in [3.8, 4) is 0 Å². The summed E-state index contributed by atoms with van der Waals surface area (Å²) in [5.41, 5.74) is 6.99. The largest absolute Gasteiger partial charge is 0.379 e. The first-order valence-electron chi connectivity index (χ1n) is 8.24. The Morgan fingerprint density at radius 3 is 2.75 bits per heavy atom. The van der Waals surface area contributed by atoms with Crippen LogP contribution in [0.2, 0.25) is 0 Å². The lowest BCUT2D eigenvalue weighted by molar-refractivity contribution is 0.0376. The van der Waals surface area contributed by atoms with E-state index in [0.717, 1.165) is 56.5 Å². The van der Waals surface area contributed by atoms with Gasteiger partial charge < -0.3 is 15.8 Å². The smallest absolute Gasteiger partial charge is 0.188 e. The Kier molecular flexibility index (Phi) is 9.47. The molecule has 0 bridgehead atoms. The monoisotopic (exact) mass is 467 g/mol. The fourth-order valence-electron chi connectivity index (χ4n) is 2.29. The highest BCUT2D eigenvalue weighted by Crippen LogP contribution is 2.25. The number of nitrogens with two attached hydrogens (primary N) is 1. The molecule has 8 heteroatoms. The lowest BCUT2D eigenvalue weighted by Gasteiger charge is -2.26. The van der Waals surface area contributed by atoms with Gasteiger partial charge in [-0.25, -0.2) is 9.98 Å². The minimum atomic E-state index is 0. The number of nitrogens with zero attached hydrogens (tertiary/aromatic N) is 3. The van der Waals surface area contributed by atoms with Crippen LogP contribution in [0.1, 0.15) is 37.9 Å². The number of guanidine groups is 1. The highest BCUT2D eigenvalue weighted by molar-refractivity contribution is 14.0. The summed E-state index contributed by atoms with van der Waals surface area (Å²) in [6.07, 6.45) is 1.06. The molecule has 3 N–H and O–H groups in total. The van der Waals surface area contributed by atoms with Crippen molar-refractivity contribution in [3.05, 3.63) is 16.1 Å². The van der Waals surface area contributed by atoms with Crippen molar-refractivity contribution < 1.29 is 4.74 Å². The molecule has 0 radical (unpaired) electrons. The van der Waals surface area contributed by atoms with Crippen molar-refractivity contribution in [1.29, 1.82) is 0 Å². The summed E-state index contributed by atoms with van der Waals surface area (Å²) in [4.78, 5) is 11.4. The van der Waals surface area contributed by atoms with Crippen LogP contribution in [0.4, 0.5) is 0 Å². The van der Waals surface area contributed by atoms with Crippen LogP contribution in [0.5, 0.6) is 0 Å². The molecule has 0 aromatic carbocycles. The zero-order chi connectivity index (χ0) is 16.7. The average Bonchev–Trinajstić information content (AvgIpc) is 3.00. The molecule has 1 aliphatic heterocycles. The quantitative estimate of drug-likeness (QED) is 0.290. The van der Waals surface area contributed by atoms with Crippen LogP contribution in [0.3, 0.4) is 0 Å². The third-order valence-electron chi connectivity index (χ3n) is 3.67. The molecule has 0 unspecified atom stereocenters. The summed E-state index contributed by atoms with van der Waals surface area (Å²) in [7, 11) is 0. The van der Waals surface area contributed by atoms with Crippen molar-refractivity contribution in [2.75, 3.05) is 39.4 Å². The van der Waals surface area contributed by atoms with E-state index in [0.29, 0.717) is 12.5 Å². The SMILES string of the molecule is CC(C)(C)c1nc(CN=C(N)NCCCN2CCOCC2)cs1.I. The second-order valence-electron chi connectivity index (χ2n) is 6.83. The van der Waals surface area contributed by atoms with E-state index in [2.05, 4.69) is 46.3 Å². The number of morpholine rings is 1. The van der Waals surface area contributed by atoms with Crippen LogP contribution in [0.15, 0.2) is 10.4 Å². The Balaban J connectivity index is 0.00000288. The number of ether oxygens (including phenoxy) is 1. The molecule has 0 amide bonds. The Morgan fingerprint density at radius 2 is 2.12 bits per heavy atom. The van der Waals surface area contributed by atoms with E-state index in [1.165, 1.54) is 0 Å². The van der Waals surface area contributed by atoms with Gasteiger partial charge in [0.2, 0.25) is 0 Å². The molecule has 1 fully saturated rings. The van der Waals surface area contributed by atoms with Gasteiger partial charge in [0, 0.05) is 30.4 Å². The summed E-state index contributed by atoms with van der Waals surface area (Å²) >= 11 is 1.69. The van der Waals surface area contributed by atoms with Gasteiger partial charge in [0.1, 0.15) is 0 Å². The standard InChI is InChI=1S/C16H29N5OS.HI/c1-16(2,3)14-20-13(12-23-14)11-19-15(17)18-5-4-6-21-7-9-22-10-8-21;/h12H,4-11H2,1-3H3,(H3,17,18,19);1H. The summed E-state index contributed by atoms with van der Waals surface area (Å²) in [6.45, 7) is 12.7. The van der Waals surface area contributed by atoms with Crippen molar-refractivity contribution in [2.24, 2.45) is 10.7 Å². The van der Waals surface area contributed by atoms with E-state index in [-0.39, 0.29) is 29.4 Å². The first-order chi connectivity index (χ1) is 10.9. The first kappa shape index (κ1) is 21.6. The molecule has 0 aliphatic carbocycles. The van der Waals surface area contributed by atoms with E-state index in [9.17, 15) is 0 Å². The number of halogens is 1. The van der Waals surface area contributed by atoms with Gasteiger partial charge in [-0.3, -0.25) is 4.90 Å². The van der Waals surface area contributed by atoms with Gasteiger partial charge in [-0.05, 0) is 13.0 Å². The van der Waals surface area contributed by atoms with E-state index in [1.54, 1.807) is 11.3 Å². The zero-order valence-electron chi connectivity index (χ0n) is 14.9. The molecule has 24 heavy (non-hydrogen) atoms. The normalized spacial score (nSPS) is 16.7. The molecular weight excluding hydrogens is 437 g/mol. The predicted molar refractivity (Wildman–Crippen MR) is 111 cm³/mol. The fraction of sp³-hybridized carbons (Fsp3) is 0.750. The van der Waals surface area contributed by atoms with E-state index in [1.807, 2.05) is 0 Å². The van der Waals surface area contributed by atoms with Crippen molar-refractivity contribution in [1.82, 2.24) is 15.2 Å². The number of nitrogens with one attached hydrogen (secondary N) is 1. The highest BCUT2D eigenvalue weighted by atomic mass is 127. The van der Waals surface area contributed by atoms with Crippen LogP contribution in [0.25, 0.3) is 0 Å². The van der Waals surface area contributed by atoms with Crippen LogP contribution in [0, 0.1) is 0 Å². The number of aromatic nitrogens is 1. The first-order valence-corrected chi connectivity index (χ1v) is 9.12. The molecule has 6 nitrogen and oxygen atoms in total. The molecule has 1 saturated heterocycles. The lowest BCUT2D eigenvalue weighted by Crippen LogP contribution is -2.39. The van der Waals surface area contributed by atoms with Crippen molar-refractivity contribution in [3.63, 3.8) is 0 Å². The maximum Gasteiger partial charge on any atom is 0.188 e. The number of rotatable bonds is 6. The highest BCUT2D eigenvalue weighted by Gasteiger charge is 2.17. The maximum atomic E-state index is 5.91. The summed E-state index contributed by atoms with van der Waals surface area (Å²) < 4.78 is 5.34. The summed E-state index contributed by atoms with van der Waals surface area (Å²) in [5, 5.41) is 6.38. The molecule has 0 spiro atoms. The van der Waals surface area contributed by atoms with Crippen LogP contribution in [-0.2, 0) is 16.7 Å². The van der Waals surface area contributed by atoms with Gasteiger partial charge in [-0.1, -0.05) is 20.8 Å². The fourth-order valence-corrected chi connectivity index (χ4v) is 3.19. The summed E-state index contributed by atoms with van der Waals surface area (Å²) in [5.74, 6) is 0.497. The second-order valence-corrected chi connectivity index (χ2v) is 7.69. The van der Waals surface area contributed by atoms with Gasteiger partial charge in [-0.15, -0.1) is 35.3 Å². The van der Waals surface area contributed by atoms with E-state index >= 15 is 0 Å². The van der Waals surface area contributed by atoms with Crippen LogP contribution >= 0.6 is 35.3 Å². The van der Waals surface area contributed by atoms with Gasteiger partial charge in [0.25, 0.3) is 0 Å². The number of hydrogen-bond donors (Lipinski definition) is 2. The molecular formula is C16H30IN5OS. The number of hydrogen-bond acceptors (Lipinski definition) is 5. The van der Waals surface area contributed by atoms with E-state index in [4.69, 9.17) is 10.5 Å². The van der Waals surface area contributed by atoms with Crippen LogP contribution < -0.4 is 11.1 Å². The van der Waals surface area contributed by atoms with Crippen LogP contribution in [-0.4, -0.2) is 55.2 Å². The number of aliphatic imine (C=N–C) groups is 1. The van der Waals surface area contributed by atoms with Crippen molar-refractivity contribution in [2.45, 2.75) is 39.2 Å². The Morgan fingerprint density at radius 1 is 1.42 bits per heavy atom. The maximum absolute atomic E-state index is 5.91. The van der Waals surface area contributed by atoms with E-state index < -0.39 is 0 Å². The van der Waals surface area contributed by atoms with Gasteiger partial charge in [0.15, 0.2) is 5.96 Å². The zero-order valence-corrected chi connectivity index (χ0v) is 18.0. The lowest BCUT2D eigenvalue weighted by atomic mass is 9.98. The molecule has 2 heterocycles. The minimum Gasteiger partial charge on any atom is -0.379 e. The molecule has 2 rings (SSSR count). The molecule has 1 aliphatic rings. The van der Waals surface area contributed by atoms with Crippen molar-refractivity contribution >= 4 is 41.3 Å². The Labute approximate surface area is 166 Å². The third kappa shape index (κ3) is 7.62. The third-order valence-corrected chi connectivity index (χ3v) is 4.98. The average molecular weight is 467 g/mol. The summed E-state index contributed by atoms with van der Waals surface area (Å²) in [6, 6.07) is 0. The predicted octanol–water partition coefficient (Wildman–Crippen LogP) is 2.19. The molecule has 1 aromatic heterocycles. The number of thiazole rings is 1. The Bertz CT molecular complexity index is 509. The van der Waals surface area contributed by atoms with Gasteiger partial charge >= 0.3 is 0 Å². The minimum absolute atomic E-state index is 0. The molecule has 1 aromatic rings. The Hall–Kier alpha value is -0.450. The molecule has 0 atom stereocenters. The topological polar surface area (TPSA) is 75.8 Å². The molecule has 138 valence electrons. The van der Waals surface area contributed by atoms with Gasteiger partial charge in [-0.2, -0.15) is 0 Å².